The van der Waals surface area contributed by atoms with Gasteiger partial charge in [-0.3, -0.25) is 4.79 Å². The van der Waals surface area contributed by atoms with Crippen molar-refractivity contribution in [3.63, 3.8) is 0 Å². The minimum absolute atomic E-state index is 0.0466. The Morgan fingerprint density at radius 3 is 2.77 bits per heavy atom. The molecule has 0 aliphatic carbocycles. The normalized spacial score (nSPS) is 18.6. The number of carbonyl (C=O) groups is 1. The van der Waals surface area contributed by atoms with E-state index in [0.29, 0.717) is 25.6 Å². The summed E-state index contributed by atoms with van der Waals surface area (Å²) in [5.41, 5.74) is 5.57. The van der Waals surface area contributed by atoms with Crippen LogP contribution in [0, 0.1) is 11.7 Å². The maximum atomic E-state index is 13.5. The van der Waals surface area contributed by atoms with Crippen LogP contribution in [0.4, 0.5) is 4.39 Å². The molecular formula is C14H20FN3O3S. The predicted octanol–water partition coefficient (Wildman–Crippen LogP) is 0.301. The van der Waals surface area contributed by atoms with E-state index in [0.717, 1.165) is 12.5 Å². The second kappa shape index (κ2) is 7.17. The number of sulfonamides is 1. The molecule has 1 fully saturated rings. The number of hydrogen-bond donors (Lipinski definition) is 2. The van der Waals surface area contributed by atoms with Crippen LogP contribution in [0.5, 0.6) is 0 Å². The molecule has 1 aliphatic rings. The number of nitrogens with one attached hydrogen (secondary N) is 1. The van der Waals surface area contributed by atoms with Crippen molar-refractivity contribution in [2.45, 2.75) is 17.7 Å². The summed E-state index contributed by atoms with van der Waals surface area (Å²) >= 11 is 0. The maximum absolute atomic E-state index is 13.5. The average molecular weight is 329 g/mol. The van der Waals surface area contributed by atoms with Crippen LogP contribution in [0.25, 0.3) is 0 Å². The summed E-state index contributed by atoms with van der Waals surface area (Å²) < 4.78 is 39.7. The number of benzene rings is 1. The van der Waals surface area contributed by atoms with Crippen LogP contribution in [0.2, 0.25) is 0 Å². The lowest BCUT2D eigenvalue weighted by Gasteiger charge is -2.16. The summed E-state index contributed by atoms with van der Waals surface area (Å²) in [7, 11) is -3.94. The van der Waals surface area contributed by atoms with Crippen molar-refractivity contribution in [2.24, 2.45) is 11.7 Å². The Hall–Kier alpha value is -1.51. The highest BCUT2D eigenvalue weighted by molar-refractivity contribution is 7.89. The van der Waals surface area contributed by atoms with Gasteiger partial charge in [-0.1, -0.05) is 12.1 Å². The van der Waals surface area contributed by atoms with Gasteiger partial charge in [0.25, 0.3) is 0 Å². The Balaban J connectivity index is 1.86. The molecule has 0 aromatic heterocycles. The molecule has 1 unspecified atom stereocenters. The molecule has 3 N–H and O–H groups in total. The Morgan fingerprint density at radius 2 is 2.14 bits per heavy atom. The van der Waals surface area contributed by atoms with Gasteiger partial charge in [-0.25, -0.2) is 17.5 Å². The summed E-state index contributed by atoms with van der Waals surface area (Å²) in [4.78, 5) is 13.3. The molecule has 1 aliphatic heterocycles. The minimum atomic E-state index is -3.94. The van der Waals surface area contributed by atoms with Crippen molar-refractivity contribution in [3.05, 3.63) is 30.1 Å². The molecule has 1 aromatic carbocycles. The third-order valence-corrected chi connectivity index (χ3v) is 5.22. The molecule has 1 aromatic rings. The van der Waals surface area contributed by atoms with Crippen molar-refractivity contribution in [1.82, 2.24) is 9.62 Å². The lowest BCUT2D eigenvalue weighted by atomic mass is 10.1. The zero-order valence-electron chi connectivity index (χ0n) is 12.2. The predicted molar refractivity (Wildman–Crippen MR) is 79.9 cm³/mol. The van der Waals surface area contributed by atoms with Crippen molar-refractivity contribution in [2.75, 3.05) is 26.2 Å². The number of rotatable bonds is 6. The molecule has 22 heavy (non-hydrogen) atoms. The fraction of sp³-hybridized carbons (Fsp3) is 0.500. The summed E-state index contributed by atoms with van der Waals surface area (Å²) in [5, 5.41) is 0. The third-order valence-electron chi connectivity index (χ3n) is 3.73. The SMILES string of the molecule is NCC1CCN(C(=O)CCNS(=O)(=O)c2ccccc2F)C1. The summed E-state index contributed by atoms with van der Waals surface area (Å²) in [6, 6.07) is 5.13. The highest BCUT2D eigenvalue weighted by Crippen LogP contribution is 2.16. The molecular weight excluding hydrogens is 309 g/mol. The zero-order chi connectivity index (χ0) is 16.2. The van der Waals surface area contributed by atoms with E-state index in [-0.39, 0.29) is 18.9 Å². The fourth-order valence-corrected chi connectivity index (χ4v) is 3.55. The molecule has 1 atom stereocenters. The van der Waals surface area contributed by atoms with Crippen molar-refractivity contribution < 1.29 is 17.6 Å². The molecule has 0 bridgehead atoms. The van der Waals surface area contributed by atoms with Crippen molar-refractivity contribution in [3.8, 4) is 0 Å². The van der Waals surface area contributed by atoms with Gasteiger partial charge in [-0.15, -0.1) is 0 Å². The van der Waals surface area contributed by atoms with E-state index < -0.39 is 20.7 Å². The molecule has 8 heteroatoms. The Morgan fingerprint density at radius 1 is 1.41 bits per heavy atom. The fourth-order valence-electron chi connectivity index (χ4n) is 2.44. The van der Waals surface area contributed by atoms with E-state index in [1.165, 1.54) is 18.2 Å². The number of nitrogens with two attached hydrogens (primary N) is 1. The number of amides is 1. The molecule has 1 amide bonds. The average Bonchev–Trinajstić information content (AvgIpc) is 2.96. The third kappa shape index (κ3) is 4.02. The van der Waals surface area contributed by atoms with Gasteiger partial charge >= 0.3 is 0 Å². The first kappa shape index (κ1) is 16.9. The van der Waals surface area contributed by atoms with Crippen LogP contribution >= 0.6 is 0 Å². The van der Waals surface area contributed by atoms with Crippen LogP contribution in [0.3, 0.4) is 0 Å². The number of halogens is 1. The number of hydrogen-bond acceptors (Lipinski definition) is 4. The van der Waals surface area contributed by atoms with Crippen molar-refractivity contribution in [1.29, 1.82) is 0 Å². The summed E-state index contributed by atoms with van der Waals surface area (Å²) in [6.07, 6.45) is 0.925. The lowest BCUT2D eigenvalue weighted by molar-refractivity contribution is -0.130. The highest BCUT2D eigenvalue weighted by Gasteiger charge is 2.25. The van der Waals surface area contributed by atoms with E-state index in [9.17, 15) is 17.6 Å². The first-order valence-electron chi connectivity index (χ1n) is 7.16. The standard InChI is InChI=1S/C14H20FN3O3S/c15-12-3-1-2-4-13(12)22(20,21)17-7-5-14(19)18-8-6-11(9-16)10-18/h1-4,11,17H,5-10,16H2. The molecule has 0 saturated carbocycles. The van der Waals surface area contributed by atoms with Crippen molar-refractivity contribution >= 4 is 15.9 Å². The zero-order valence-corrected chi connectivity index (χ0v) is 13.0. The van der Waals surface area contributed by atoms with Gasteiger partial charge in [-0.05, 0) is 31.0 Å². The first-order chi connectivity index (χ1) is 10.4. The van der Waals surface area contributed by atoms with E-state index in [1.807, 2.05) is 0 Å². The van der Waals surface area contributed by atoms with Gasteiger partial charge in [-0.2, -0.15) is 0 Å². The molecule has 1 heterocycles. The smallest absolute Gasteiger partial charge is 0.243 e. The van der Waals surface area contributed by atoms with Crippen LogP contribution in [0.1, 0.15) is 12.8 Å². The monoisotopic (exact) mass is 329 g/mol. The largest absolute Gasteiger partial charge is 0.342 e. The van der Waals surface area contributed by atoms with E-state index in [4.69, 9.17) is 5.73 Å². The number of carbonyl (C=O) groups excluding carboxylic acids is 1. The minimum Gasteiger partial charge on any atom is -0.342 e. The van der Waals surface area contributed by atoms with E-state index in [1.54, 1.807) is 4.90 Å². The first-order valence-corrected chi connectivity index (χ1v) is 8.64. The Bertz CT molecular complexity index is 636. The van der Waals surface area contributed by atoms with Crippen LogP contribution in [-0.2, 0) is 14.8 Å². The summed E-state index contributed by atoms with van der Waals surface area (Å²) in [6.45, 7) is 1.76. The quantitative estimate of drug-likeness (QED) is 0.785. The van der Waals surface area contributed by atoms with E-state index >= 15 is 0 Å². The van der Waals surface area contributed by atoms with Crippen LogP contribution < -0.4 is 10.5 Å². The van der Waals surface area contributed by atoms with Gasteiger partial charge in [0.2, 0.25) is 15.9 Å². The molecule has 6 nitrogen and oxygen atoms in total. The van der Waals surface area contributed by atoms with Gasteiger partial charge in [0.15, 0.2) is 0 Å². The number of likely N-dealkylation sites (tertiary alicyclic amines) is 1. The molecule has 122 valence electrons. The molecule has 0 spiro atoms. The van der Waals surface area contributed by atoms with Crippen LogP contribution in [0.15, 0.2) is 29.2 Å². The second-order valence-electron chi connectivity index (χ2n) is 5.31. The van der Waals surface area contributed by atoms with Gasteiger partial charge in [0.05, 0.1) is 0 Å². The second-order valence-corrected chi connectivity index (χ2v) is 7.04. The Labute approximate surface area is 129 Å². The Kier molecular flexibility index (Phi) is 5.49. The van der Waals surface area contributed by atoms with Crippen LogP contribution in [-0.4, -0.2) is 45.4 Å². The van der Waals surface area contributed by atoms with Gasteiger partial charge in [0.1, 0.15) is 10.7 Å². The lowest BCUT2D eigenvalue weighted by Crippen LogP contribution is -2.34. The molecule has 0 radical (unpaired) electrons. The molecule has 1 saturated heterocycles. The highest BCUT2D eigenvalue weighted by atomic mass is 32.2. The van der Waals surface area contributed by atoms with E-state index in [2.05, 4.69) is 4.72 Å². The molecule has 2 rings (SSSR count). The number of nitrogens with zero attached hydrogens (tertiary/aromatic N) is 1. The summed E-state index contributed by atoms with van der Waals surface area (Å²) in [5.74, 6) is -0.613. The van der Waals surface area contributed by atoms with Gasteiger partial charge in [0, 0.05) is 26.1 Å². The maximum Gasteiger partial charge on any atom is 0.243 e. The topological polar surface area (TPSA) is 92.5 Å². The van der Waals surface area contributed by atoms with Gasteiger partial charge < -0.3 is 10.6 Å².